The molecule has 0 radical (unpaired) electrons. The summed E-state index contributed by atoms with van der Waals surface area (Å²) in [5.74, 6) is 0. The fourth-order valence-electron chi connectivity index (χ4n) is 5.45. The topological polar surface area (TPSA) is 0 Å². The summed E-state index contributed by atoms with van der Waals surface area (Å²) in [6, 6.07) is 38.2. The second-order valence-corrected chi connectivity index (χ2v) is 10.3. The van der Waals surface area contributed by atoms with Gasteiger partial charge < -0.3 is 37.2 Å². The van der Waals surface area contributed by atoms with Gasteiger partial charge >= 0.3 is 216 Å². The summed E-state index contributed by atoms with van der Waals surface area (Å²) in [5, 5.41) is 0. The predicted molar refractivity (Wildman–Crippen MR) is 139 cm³/mol. The van der Waals surface area contributed by atoms with Crippen LogP contribution in [-0.4, -0.2) is 0 Å². The van der Waals surface area contributed by atoms with Crippen LogP contribution in [0, 0.1) is 20.8 Å². The van der Waals surface area contributed by atoms with E-state index in [2.05, 4.69) is 150 Å². The van der Waals surface area contributed by atoms with Crippen LogP contribution in [0.25, 0.3) is 5.57 Å². The first-order valence-electron chi connectivity index (χ1n) is 11.9. The smallest absolute Gasteiger partial charge is 1.00 e. The molecule has 4 heteroatoms. The molecule has 0 spiro atoms. The van der Waals surface area contributed by atoms with Gasteiger partial charge in [0.25, 0.3) is 0 Å². The number of halogens is 3. The number of benzene rings is 4. The van der Waals surface area contributed by atoms with E-state index >= 15 is 0 Å². The van der Waals surface area contributed by atoms with Crippen molar-refractivity contribution in [2.75, 3.05) is 0 Å². The Morgan fingerprint density at radius 1 is 0.568 bits per heavy atom. The fourth-order valence-corrected chi connectivity index (χ4v) is 6.04. The molecule has 0 unspecified atom stereocenters. The van der Waals surface area contributed by atoms with E-state index in [4.69, 9.17) is 0 Å². The first-order valence-corrected chi connectivity index (χ1v) is 12.7. The van der Waals surface area contributed by atoms with Gasteiger partial charge in [-0.1, -0.05) is 0 Å². The number of allylic oxidation sites excluding steroid dienone is 4. The van der Waals surface area contributed by atoms with Crippen LogP contribution in [0.2, 0.25) is 0 Å². The molecule has 4 aromatic rings. The predicted octanol–water partition coefficient (Wildman–Crippen LogP) is -0.754. The standard InChI is InChI=1S/C33H29.3ClH.Ti/c1-24-11-7-16-28(21-24)33(29-17-8-12-25(2)22-29,30-18-9-13-26(3)23-30)32-20-10-19-31(32)27-14-5-4-6-15-27;;;;/h4-9,11-18,20-23H,10H2,1-3H3;3*1H;/q;;;;+3/p-3. The maximum absolute atomic E-state index is 2.48. The molecular formula is C33H29Cl3Ti. The average Bonchev–Trinajstić information content (AvgIpc) is 3.22. The summed E-state index contributed by atoms with van der Waals surface area (Å²) in [6.07, 6.45) is 3.45. The second kappa shape index (κ2) is 13.1. The zero-order valence-corrected chi connectivity index (χ0v) is 25.1. The summed E-state index contributed by atoms with van der Waals surface area (Å²) in [4.78, 5) is 0. The van der Waals surface area contributed by atoms with Crippen LogP contribution in [0.15, 0.2) is 119 Å². The molecule has 0 nitrogen and oxygen atoms in total. The van der Waals surface area contributed by atoms with Gasteiger partial charge in [-0.2, -0.15) is 0 Å². The summed E-state index contributed by atoms with van der Waals surface area (Å²) in [6.45, 7) is 6.59. The van der Waals surface area contributed by atoms with E-state index < -0.39 is 5.41 Å². The van der Waals surface area contributed by atoms with E-state index in [0.29, 0.717) is 0 Å². The molecule has 4 aromatic carbocycles. The largest absolute Gasteiger partial charge is 1.00 e. The Kier molecular flexibility index (Phi) is 11.1. The summed E-state index contributed by atoms with van der Waals surface area (Å²) in [7, 11) is 0. The van der Waals surface area contributed by atoms with Crippen molar-refractivity contribution in [2.45, 2.75) is 32.6 Å². The van der Waals surface area contributed by atoms with Crippen molar-refractivity contribution < 1.29 is 57.7 Å². The quantitative estimate of drug-likeness (QED) is 0.216. The van der Waals surface area contributed by atoms with Crippen molar-refractivity contribution in [3.05, 3.63) is 158 Å². The van der Waals surface area contributed by atoms with Gasteiger partial charge in [-0.05, 0) is 0 Å². The van der Waals surface area contributed by atoms with E-state index in [1.54, 1.807) is 0 Å². The summed E-state index contributed by atoms with van der Waals surface area (Å²) < 4.78 is 1.43. The van der Waals surface area contributed by atoms with Crippen LogP contribution >= 0.6 is 0 Å². The number of aryl methyl sites for hydroxylation is 3. The molecule has 37 heavy (non-hydrogen) atoms. The molecule has 0 amide bonds. The van der Waals surface area contributed by atoms with E-state index in [-0.39, 0.29) is 37.2 Å². The average molecular weight is 580 g/mol. The second-order valence-electron chi connectivity index (χ2n) is 9.40. The van der Waals surface area contributed by atoms with E-state index in [0.717, 1.165) is 6.42 Å². The molecule has 0 heterocycles. The van der Waals surface area contributed by atoms with Crippen LogP contribution in [0.5, 0.6) is 0 Å². The maximum atomic E-state index is 2.48. The molecule has 0 saturated heterocycles. The molecule has 0 atom stereocenters. The Morgan fingerprint density at radius 3 is 1.41 bits per heavy atom. The molecule has 5 rings (SSSR count). The molecule has 0 aliphatic heterocycles. The molecule has 0 bridgehead atoms. The molecule has 1 aliphatic carbocycles. The molecule has 1 aliphatic rings. The van der Waals surface area contributed by atoms with Gasteiger partial charge in [0, 0.05) is 0 Å². The first-order chi connectivity index (χ1) is 16.5. The van der Waals surface area contributed by atoms with Crippen molar-refractivity contribution in [2.24, 2.45) is 0 Å². The van der Waals surface area contributed by atoms with Crippen molar-refractivity contribution in [3.8, 4) is 0 Å². The minimum atomic E-state index is -0.410. The maximum Gasteiger partial charge on any atom is -1.00 e. The SMILES string of the molecule is Cc1cccc(C(C2=CC[C]([Ti+3])=C2c2ccccc2)(c2cccc(C)c2)c2cccc(C)c2)c1.[Cl-].[Cl-].[Cl-]. The molecule has 0 saturated carbocycles. The monoisotopic (exact) mass is 578 g/mol. The van der Waals surface area contributed by atoms with Crippen molar-refractivity contribution >= 4 is 5.57 Å². The van der Waals surface area contributed by atoms with Crippen LogP contribution in [0.1, 0.15) is 45.4 Å². The Morgan fingerprint density at radius 2 is 1.00 bits per heavy atom. The number of rotatable bonds is 5. The molecule has 0 fully saturated rings. The fraction of sp³-hybridized carbons (Fsp3) is 0.152. The molecule has 0 aromatic heterocycles. The van der Waals surface area contributed by atoms with E-state index in [9.17, 15) is 0 Å². The third kappa shape index (κ3) is 5.85. The van der Waals surface area contributed by atoms with Gasteiger partial charge in [0.15, 0.2) is 0 Å². The van der Waals surface area contributed by atoms with Crippen molar-refractivity contribution in [1.82, 2.24) is 0 Å². The van der Waals surface area contributed by atoms with Gasteiger partial charge in [-0.3, -0.25) is 0 Å². The molecular weight excluding hydrogens is 551 g/mol. The van der Waals surface area contributed by atoms with Gasteiger partial charge in [0.1, 0.15) is 0 Å². The Labute approximate surface area is 251 Å². The molecule has 186 valence electrons. The zero-order chi connectivity index (χ0) is 23.7. The summed E-state index contributed by atoms with van der Waals surface area (Å²) in [5.41, 5.74) is 11.4. The van der Waals surface area contributed by atoms with E-state index in [1.807, 2.05) is 0 Å². The minimum Gasteiger partial charge on any atom is -1.00 e. The Hall–Kier alpha value is -2.06. The number of hydrogen-bond acceptors (Lipinski definition) is 0. The van der Waals surface area contributed by atoms with Crippen LogP contribution in [0.4, 0.5) is 0 Å². The van der Waals surface area contributed by atoms with Gasteiger partial charge in [-0.25, -0.2) is 0 Å². The van der Waals surface area contributed by atoms with Gasteiger partial charge in [0.05, 0.1) is 0 Å². The van der Waals surface area contributed by atoms with Crippen molar-refractivity contribution in [1.29, 1.82) is 0 Å². The number of hydrogen-bond donors (Lipinski definition) is 0. The minimum absolute atomic E-state index is 0. The zero-order valence-electron chi connectivity index (χ0n) is 21.2. The van der Waals surface area contributed by atoms with Crippen molar-refractivity contribution in [3.63, 3.8) is 0 Å². The third-order valence-corrected chi connectivity index (χ3v) is 7.61. The van der Waals surface area contributed by atoms with Crippen LogP contribution < -0.4 is 37.2 Å². The Bertz CT molecular complexity index is 1310. The Balaban J connectivity index is 0.00000160. The molecule has 0 N–H and O–H groups in total. The van der Waals surface area contributed by atoms with Gasteiger partial charge in [-0.15, -0.1) is 0 Å². The first kappa shape index (κ1) is 31.2. The third-order valence-electron chi connectivity index (χ3n) is 6.90. The van der Waals surface area contributed by atoms with E-state index in [1.165, 1.54) is 54.0 Å². The van der Waals surface area contributed by atoms with Crippen LogP contribution in [0.3, 0.4) is 0 Å². The normalized spacial score (nSPS) is 12.7. The van der Waals surface area contributed by atoms with Gasteiger partial charge in [0.2, 0.25) is 0 Å². The van der Waals surface area contributed by atoms with Crippen LogP contribution in [-0.2, 0) is 25.9 Å². The summed E-state index contributed by atoms with van der Waals surface area (Å²) >= 11 is 2.29.